The minimum atomic E-state index is -0.387. The molecule has 0 bridgehead atoms. The molecule has 0 saturated carbocycles. The highest BCUT2D eigenvalue weighted by Crippen LogP contribution is 2.28. The van der Waals surface area contributed by atoms with Crippen molar-refractivity contribution in [2.45, 2.75) is 13.5 Å². The quantitative estimate of drug-likeness (QED) is 0.376. The van der Waals surface area contributed by atoms with E-state index in [-0.39, 0.29) is 11.9 Å². The van der Waals surface area contributed by atoms with Gasteiger partial charge in [-0.25, -0.2) is 19.4 Å². The highest BCUT2D eigenvalue weighted by molar-refractivity contribution is 5.95. The van der Waals surface area contributed by atoms with Gasteiger partial charge in [0.1, 0.15) is 5.69 Å². The number of aromatic amines is 1. The van der Waals surface area contributed by atoms with E-state index in [9.17, 15) is 10.1 Å². The second-order valence-corrected chi connectivity index (χ2v) is 7.95. The average molecular weight is 464 g/mol. The Balaban J connectivity index is 1.45. The van der Waals surface area contributed by atoms with Crippen LogP contribution in [0.5, 0.6) is 0 Å². The minimum Gasteiger partial charge on any atom is -0.465 e. The van der Waals surface area contributed by atoms with Crippen molar-refractivity contribution in [3.05, 3.63) is 77.1 Å². The Morgan fingerprint density at radius 3 is 2.80 bits per heavy atom. The van der Waals surface area contributed by atoms with Crippen molar-refractivity contribution >= 4 is 22.8 Å². The predicted octanol–water partition coefficient (Wildman–Crippen LogP) is 3.48. The highest BCUT2D eigenvalue weighted by atomic mass is 16.5. The number of nitrogens with zero attached hydrogens (tertiary/aromatic N) is 6. The molecule has 0 radical (unpaired) electrons. The molecule has 0 atom stereocenters. The number of anilines is 1. The van der Waals surface area contributed by atoms with Gasteiger partial charge in [-0.05, 0) is 42.3 Å². The van der Waals surface area contributed by atoms with Crippen molar-refractivity contribution in [1.29, 1.82) is 5.26 Å². The van der Waals surface area contributed by atoms with Crippen LogP contribution in [0.2, 0.25) is 0 Å². The summed E-state index contributed by atoms with van der Waals surface area (Å²) in [6, 6.07) is 14.8. The number of nitriles is 1. The van der Waals surface area contributed by atoms with E-state index in [0.717, 1.165) is 27.6 Å². The van der Waals surface area contributed by atoms with Crippen LogP contribution in [0.3, 0.4) is 0 Å². The molecule has 35 heavy (non-hydrogen) atoms. The summed E-state index contributed by atoms with van der Waals surface area (Å²) in [6.45, 7) is 2.33. The summed E-state index contributed by atoms with van der Waals surface area (Å²) >= 11 is 0. The molecule has 10 nitrogen and oxygen atoms in total. The molecule has 0 saturated heterocycles. The summed E-state index contributed by atoms with van der Waals surface area (Å²) < 4.78 is 6.49. The van der Waals surface area contributed by atoms with Gasteiger partial charge in [0.05, 0.1) is 48.4 Å². The van der Waals surface area contributed by atoms with Crippen molar-refractivity contribution in [3.63, 3.8) is 0 Å². The number of carbonyl (C=O) groups is 1. The van der Waals surface area contributed by atoms with Crippen LogP contribution in [-0.2, 0) is 11.3 Å². The monoisotopic (exact) mass is 464 g/mol. The van der Waals surface area contributed by atoms with E-state index in [1.54, 1.807) is 35.1 Å². The second-order valence-electron chi connectivity index (χ2n) is 7.95. The molecule has 0 aliphatic carbocycles. The number of benzene rings is 2. The Morgan fingerprint density at radius 2 is 2.00 bits per heavy atom. The number of nitrogens with one attached hydrogen (secondary N) is 1. The molecule has 3 N–H and O–H groups in total. The van der Waals surface area contributed by atoms with Gasteiger partial charge in [-0.3, -0.25) is 0 Å². The molecule has 3 aromatic heterocycles. The number of rotatable bonds is 5. The van der Waals surface area contributed by atoms with Crippen LogP contribution in [-0.4, -0.2) is 43.0 Å². The van der Waals surface area contributed by atoms with Gasteiger partial charge in [0.2, 0.25) is 5.95 Å². The number of esters is 1. The fraction of sp³-hybridized carbons (Fsp3) is 0.120. The lowest BCUT2D eigenvalue weighted by molar-refractivity contribution is 0.0601. The minimum absolute atomic E-state index is 0.104. The summed E-state index contributed by atoms with van der Waals surface area (Å²) in [6.07, 6.45) is 3.66. The number of H-pyrrole nitrogens is 1. The fourth-order valence-electron chi connectivity index (χ4n) is 4.00. The third-order valence-electron chi connectivity index (χ3n) is 5.80. The number of hydrogen-bond donors (Lipinski definition) is 2. The van der Waals surface area contributed by atoms with Crippen molar-refractivity contribution in [2.75, 3.05) is 12.8 Å². The lowest BCUT2D eigenvalue weighted by Gasteiger charge is -2.08. The third-order valence-corrected chi connectivity index (χ3v) is 5.80. The van der Waals surface area contributed by atoms with E-state index >= 15 is 0 Å². The molecule has 172 valence electrons. The molecule has 0 unspecified atom stereocenters. The molecule has 2 aromatic carbocycles. The summed E-state index contributed by atoms with van der Waals surface area (Å²) in [5.74, 6) is -0.283. The number of nitrogens with two attached hydrogens (primary N) is 1. The standard InChI is InChI=1S/C25H20N8O2/c1-14-16(10-26)4-3-5-18(14)21-9-22(30-25(27)29-21)23-13-33(32-31-23)12-17-11-28-20-8-15(24(34)35-2)6-7-19(17)20/h3-9,11,13,28H,12H2,1-2H3,(H2,27,29,30). The van der Waals surface area contributed by atoms with E-state index in [1.807, 2.05) is 31.3 Å². The molecular formula is C25H20N8O2. The number of aromatic nitrogens is 6. The van der Waals surface area contributed by atoms with Crippen LogP contribution >= 0.6 is 0 Å². The zero-order chi connectivity index (χ0) is 24.5. The van der Waals surface area contributed by atoms with Gasteiger partial charge in [-0.15, -0.1) is 5.10 Å². The smallest absolute Gasteiger partial charge is 0.337 e. The maximum absolute atomic E-state index is 11.8. The molecule has 0 amide bonds. The highest BCUT2D eigenvalue weighted by Gasteiger charge is 2.15. The largest absolute Gasteiger partial charge is 0.465 e. The Hall–Kier alpha value is -5.04. The van der Waals surface area contributed by atoms with Crippen LogP contribution in [0.25, 0.3) is 33.5 Å². The molecular weight excluding hydrogens is 444 g/mol. The summed E-state index contributed by atoms with van der Waals surface area (Å²) in [7, 11) is 1.35. The number of carbonyl (C=O) groups excluding carboxylic acids is 1. The Bertz CT molecular complexity index is 1630. The van der Waals surface area contributed by atoms with Gasteiger partial charge in [-0.1, -0.05) is 23.4 Å². The van der Waals surface area contributed by atoms with E-state index in [0.29, 0.717) is 34.8 Å². The van der Waals surface area contributed by atoms with Crippen LogP contribution in [0.1, 0.15) is 27.0 Å². The summed E-state index contributed by atoms with van der Waals surface area (Å²) in [5.41, 5.74) is 12.2. The van der Waals surface area contributed by atoms with Gasteiger partial charge in [-0.2, -0.15) is 5.26 Å². The van der Waals surface area contributed by atoms with E-state index in [1.165, 1.54) is 7.11 Å². The van der Waals surface area contributed by atoms with Crippen LogP contribution < -0.4 is 5.73 Å². The molecule has 5 aromatic rings. The van der Waals surface area contributed by atoms with E-state index in [4.69, 9.17) is 10.5 Å². The molecule has 0 aliphatic rings. The lowest BCUT2D eigenvalue weighted by atomic mass is 10.00. The maximum atomic E-state index is 11.8. The van der Waals surface area contributed by atoms with Gasteiger partial charge in [0.25, 0.3) is 0 Å². The molecule has 0 aliphatic heterocycles. The Morgan fingerprint density at radius 1 is 1.17 bits per heavy atom. The summed E-state index contributed by atoms with van der Waals surface area (Å²) in [5, 5.41) is 18.8. The number of nitrogen functional groups attached to an aromatic ring is 1. The SMILES string of the molecule is COC(=O)c1ccc2c(Cn3cc(-c4cc(-c5cccc(C#N)c5C)nc(N)n4)nn3)c[nH]c2c1. The first-order valence-corrected chi connectivity index (χ1v) is 10.7. The first-order valence-electron chi connectivity index (χ1n) is 10.7. The zero-order valence-corrected chi connectivity index (χ0v) is 19.0. The number of fused-ring (bicyclic) bond motifs is 1. The fourth-order valence-corrected chi connectivity index (χ4v) is 4.00. The predicted molar refractivity (Wildman–Crippen MR) is 129 cm³/mol. The second kappa shape index (κ2) is 8.72. The first-order chi connectivity index (χ1) is 17.0. The van der Waals surface area contributed by atoms with Crippen molar-refractivity contribution in [1.82, 2.24) is 29.9 Å². The van der Waals surface area contributed by atoms with Crippen molar-refractivity contribution < 1.29 is 9.53 Å². The van der Waals surface area contributed by atoms with E-state index in [2.05, 4.69) is 31.3 Å². The lowest BCUT2D eigenvalue weighted by Crippen LogP contribution is -2.01. The number of hydrogen-bond acceptors (Lipinski definition) is 8. The molecule has 5 rings (SSSR count). The Kier molecular flexibility index (Phi) is 5.43. The maximum Gasteiger partial charge on any atom is 0.337 e. The zero-order valence-electron chi connectivity index (χ0n) is 19.0. The van der Waals surface area contributed by atoms with E-state index < -0.39 is 0 Å². The topological polar surface area (TPSA) is 148 Å². The van der Waals surface area contributed by atoms with Crippen LogP contribution in [0.4, 0.5) is 5.95 Å². The van der Waals surface area contributed by atoms with Gasteiger partial charge in [0.15, 0.2) is 0 Å². The van der Waals surface area contributed by atoms with Crippen molar-refractivity contribution in [2.24, 2.45) is 0 Å². The molecule has 0 spiro atoms. The van der Waals surface area contributed by atoms with Gasteiger partial charge in [0, 0.05) is 22.7 Å². The van der Waals surface area contributed by atoms with Crippen LogP contribution in [0.15, 0.2) is 54.9 Å². The molecule has 0 fully saturated rings. The van der Waals surface area contributed by atoms with Crippen LogP contribution in [0, 0.1) is 18.3 Å². The van der Waals surface area contributed by atoms with Gasteiger partial charge >= 0.3 is 5.97 Å². The molecule has 3 heterocycles. The number of ether oxygens (including phenoxy) is 1. The summed E-state index contributed by atoms with van der Waals surface area (Å²) in [4.78, 5) is 23.7. The third kappa shape index (κ3) is 4.06. The van der Waals surface area contributed by atoms with Gasteiger partial charge < -0.3 is 15.5 Å². The molecule has 10 heteroatoms. The Labute approximate surface area is 200 Å². The first kappa shape index (κ1) is 21.8. The number of methoxy groups -OCH3 is 1. The van der Waals surface area contributed by atoms with Crippen molar-refractivity contribution in [3.8, 4) is 28.7 Å². The average Bonchev–Trinajstić information content (AvgIpc) is 3.50. The normalized spacial score (nSPS) is 10.9.